The van der Waals surface area contributed by atoms with Gasteiger partial charge in [0, 0.05) is 0 Å². The highest BCUT2D eigenvalue weighted by molar-refractivity contribution is 5.89. The summed E-state index contributed by atoms with van der Waals surface area (Å²) >= 11 is 0. The van der Waals surface area contributed by atoms with Crippen molar-refractivity contribution < 1.29 is 14.3 Å². The molecule has 4 heteroatoms. The summed E-state index contributed by atoms with van der Waals surface area (Å²) < 4.78 is 12.7. The van der Waals surface area contributed by atoms with E-state index < -0.39 is 12.1 Å². The topological polar surface area (TPSA) is 49.7 Å². The van der Waals surface area contributed by atoms with Gasteiger partial charge in [-0.25, -0.2) is 9.18 Å². The van der Waals surface area contributed by atoms with Crippen molar-refractivity contribution in [1.29, 1.82) is 0 Å². The van der Waals surface area contributed by atoms with Gasteiger partial charge in [-0.2, -0.15) is 0 Å². The summed E-state index contributed by atoms with van der Waals surface area (Å²) in [4.78, 5) is 13.9. The van der Waals surface area contributed by atoms with Gasteiger partial charge in [0.15, 0.2) is 0 Å². The maximum Gasteiger partial charge on any atom is 0.335 e. The van der Waals surface area contributed by atoms with Crippen LogP contribution in [0.4, 0.5) is 4.39 Å². The minimum absolute atomic E-state index is 0.00639. The van der Waals surface area contributed by atoms with Gasteiger partial charge in [0.2, 0.25) is 0 Å². The summed E-state index contributed by atoms with van der Waals surface area (Å²) in [6.45, 7) is 5.98. The Morgan fingerprint density at radius 1 is 1.69 bits per heavy atom. The fourth-order valence-electron chi connectivity index (χ4n) is 0.714. The first-order valence-corrected chi connectivity index (χ1v) is 3.75. The Hall–Kier alpha value is -1.45. The first kappa shape index (κ1) is 11.6. The number of carbonyl (C=O) groups is 1. The molecule has 0 aliphatic carbocycles. The number of carboxylic acids is 1. The average molecular weight is 185 g/mol. The molecule has 0 rings (SSSR count). The van der Waals surface area contributed by atoms with Crippen molar-refractivity contribution in [3.63, 3.8) is 0 Å². The lowest BCUT2D eigenvalue weighted by Crippen LogP contribution is -2.02. The summed E-state index contributed by atoms with van der Waals surface area (Å²) in [6, 6.07) is 0. The molecule has 0 amide bonds. The fourth-order valence-corrected chi connectivity index (χ4v) is 0.714. The summed E-state index contributed by atoms with van der Waals surface area (Å²) in [5.74, 6) is -1.11. The standard InChI is InChI=1S/C9H12FNO2/c1-4-7(9(12)13)5-8(11-3)6(2)10/h4-6H,3H2,1-2H3,(H,12,13)/b7-4+,8-5-. The maximum atomic E-state index is 12.7. The number of alkyl halides is 1. The molecule has 0 heterocycles. The molecule has 0 aromatic rings. The summed E-state index contributed by atoms with van der Waals surface area (Å²) in [5.41, 5.74) is 0.0300. The molecule has 3 nitrogen and oxygen atoms in total. The third kappa shape index (κ3) is 3.64. The molecule has 0 aromatic heterocycles. The third-order valence-electron chi connectivity index (χ3n) is 1.45. The first-order chi connectivity index (χ1) is 6.02. The molecule has 72 valence electrons. The van der Waals surface area contributed by atoms with Crippen LogP contribution in [0.15, 0.2) is 28.4 Å². The number of hydrogen-bond donors (Lipinski definition) is 1. The van der Waals surface area contributed by atoms with E-state index in [1.165, 1.54) is 19.1 Å². The molecule has 0 aliphatic heterocycles. The predicted molar refractivity (Wildman–Crippen MR) is 49.6 cm³/mol. The maximum absolute atomic E-state index is 12.7. The lowest BCUT2D eigenvalue weighted by Gasteiger charge is -2.01. The number of aliphatic carboxylic acids is 1. The van der Waals surface area contributed by atoms with E-state index in [2.05, 4.69) is 11.7 Å². The Labute approximate surface area is 76.3 Å². The minimum atomic E-state index is -1.31. The van der Waals surface area contributed by atoms with Crippen molar-refractivity contribution in [2.45, 2.75) is 20.0 Å². The molecule has 0 radical (unpaired) electrons. The van der Waals surface area contributed by atoms with Gasteiger partial charge in [-0.15, -0.1) is 0 Å². The Balaban J connectivity index is 4.87. The van der Waals surface area contributed by atoms with E-state index >= 15 is 0 Å². The summed E-state index contributed by atoms with van der Waals surface area (Å²) in [5, 5.41) is 8.60. The molecule has 1 atom stereocenters. The van der Waals surface area contributed by atoms with Gasteiger partial charge in [0.25, 0.3) is 0 Å². The number of aliphatic imine (C=N–C) groups is 1. The van der Waals surface area contributed by atoms with Gasteiger partial charge >= 0.3 is 5.97 Å². The third-order valence-corrected chi connectivity index (χ3v) is 1.45. The lowest BCUT2D eigenvalue weighted by molar-refractivity contribution is -0.132. The second-order valence-corrected chi connectivity index (χ2v) is 2.39. The van der Waals surface area contributed by atoms with Crippen LogP contribution in [0.5, 0.6) is 0 Å². The molecular formula is C9H12FNO2. The highest BCUT2D eigenvalue weighted by Gasteiger charge is 2.08. The zero-order chi connectivity index (χ0) is 10.4. The second kappa shape index (κ2) is 5.24. The Bertz CT molecular complexity index is 267. The summed E-state index contributed by atoms with van der Waals surface area (Å²) in [7, 11) is 0. The van der Waals surface area contributed by atoms with Crippen molar-refractivity contribution in [1.82, 2.24) is 0 Å². The van der Waals surface area contributed by atoms with E-state index in [0.29, 0.717) is 0 Å². The molecule has 0 aromatic carbocycles. The number of halogens is 1. The van der Waals surface area contributed by atoms with Crippen LogP contribution in [0.25, 0.3) is 0 Å². The molecule has 13 heavy (non-hydrogen) atoms. The van der Waals surface area contributed by atoms with Crippen molar-refractivity contribution >= 4 is 12.7 Å². The van der Waals surface area contributed by atoms with Crippen LogP contribution in [-0.2, 0) is 4.79 Å². The second-order valence-electron chi connectivity index (χ2n) is 2.39. The average Bonchev–Trinajstić information content (AvgIpc) is 2.05. The SMILES string of the molecule is C=N/C(=C\C(=C/C)C(=O)O)C(C)F. The van der Waals surface area contributed by atoms with Crippen molar-refractivity contribution in [2.75, 3.05) is 0 Å². The van der Waals surface area contributed by atoms with Crippen LogP contribution < -0.4 is 0 Å². The number of nitrogens with zero attached hydrogens (tertiary/aromatic N) is 1. The van der Waals surface area contributed by atoms with E-state index in [9.17, 15) is 9.18 Å². The van der Waals surface area contributed by atoms with Gasteiger partial charge < -0.3 is 5.11 Å². The molecule has 0 saturated carbocycles. The van der Waals surface area contributed by atoms with Gasteiger partial charge in [-0.1, -0.05) is 6.08 Å². The van der Waals surface area contributed by atoms with Crippen LogP contribution >= 0.6 is 0 Å². The highest BCUT2D eigenvalue weighted by Crippen LogP contribution is 2.11. The van der Waals surface area contributed by atoms with E-state index in [1.54, 1.807) is 6.92 Å². The normalized spacial score (nSPS) is 15.3. The zero-order valence-electron chi connectivity index (χ0n) is 7.62. The van der Waals surface area contributed by atoms with E-state index in [1.807, 2.05) is 0 Å². The fraction of sp³-hybridized carbons (Fsp3) is 0.333. The van der Waals surface area contributed by atoms with Crippen molar-refractivity contribution in [3.8, 4) is 0 Å². The first-order valence-electron chi connectivity index (χ1n) is 3.75. The number of carboxylic acid groups (broad SMARTS) is 1. The van der Waals surface area contributed by atoms with Crippen molar-refractivity contribution in [2.24, 2.45) is 4.99 Å². The Kier molecular flexibility index (Phi) is 4.66. The van der Waals surface area contributed by atoms with Crippen LogP contribution in [-0.4, -0.2) is 24.0 Å². The van der Waals surface area contributed by atoms with Crippen molar-refractivity contribution in [3.05, 3.63) is 23.4 Å². The van der Waals surface area contributed by atoms with Crippen LogP contribution in [0.3, 0.4) is 0 Å². The molecule has 1 unspecified atom stereocenters. The Morgan fingerprint density at radius 3 is 2.46 bits per heavy atom. The van der Waals surface area contributed by atoms with E-state index in [4.69, 9.17) is 5.11 Å². The van der Waals surface area contributed by atoms with Gasteiger partial charge in [-0.3, -0.25) is 4.99 Å². The molecule has 0 spiro atoms. The molecule has 0 saturated heterocycles. The predicted octanol–water partition coefficient (Wildman–Crippen LogP) is 1.96. The summed E-state index contributed by atoms with van der Waals surface area (Å²) in [6.07, 6.45) is 1.22. The largest absolute Gasteiger partial charge is 0.478 e. The molecule has 0 aliphatic rings. The molecule has 0 bridgehead atoms. The van der Waals surface area contributed by atoms with Crippen LogP contribution in [0.2, 0.25) is 0 Å². The van der Waals surface area contributed by atoms with Crippen LogP contribution in [0, 0.1) is 0 Å². The molecular weight excluding hydrogens is 173 g/mol. The number of allylic oxidation sites excluding steroid dienone is 2. The minimum Gasteiger partial charge on any atom is -0.478 e. The van der Waals surface area contributed by atoms with Gasteiger partial charge in [0.05, 0.1) is 11.3 Å². The quantitative estimate of drug-likeness (QED) is 0.413. The molecule has 1 N–H and O–H groups in total. The monoisotopic (exact) mass is 185 g/mol. The number of rotatable bonds is 4. The number of hydrogen-bond acceptors (Lipinski definition) is 2. The lowest BCUT2D eigenvalue weighted by atomic mass is 10.2. The zero-order valence-corrected chi connectivity index (χ0v) is 7.62. The van der Waals surface area contributed by atoms with Gasteiger partial charge in [-0.05, 0) is 26.6 Å². The van der Waals surface area contributed by atoms with E-state index in [0.717, 1.165) is 0 Å². The van der Waals surface area contributed by atoms with Crippen LogP contribution in [0.1, 0.15) is 13.8 Å². The Morgan fingerprint density at radius 2 is 2.23 bits per heavy atom. The van der Waals surface area contributed by atoms with E-state index in [-0.39, 0.29) is 11.3 Å². The van der Waals surface area contributed by atoms with Gasteiger partial charge in [0.1, 0.15) is 6.17 Å². The highest BCUT2D eigenvalue weighted by atomic mass is 19.1. The smallest absolute Gasteiger partial charge is 0.335 e. The molecule has 0 fully saturated rings.